The summed E-state index contributed by atoms with van der Waals surface area (Å²) < 4.78 is 11.6. The number of quaternary nitrogens is 1. The number of carbonyl (C=O) groups is 1. The molecule has 0 saturated carbocycles. The third-order valence-corrected chi connectivity index (χ3v) is 5.02. The van der Waals surface area contributed by atoms with Crippen LogP contribution < -0.4 is 0 Å². The average molecular weight is 339 g/mol. The fourth-order valence-corrected chi connectivity index (χ4v) is 2.47. The molecule has 0 aromatic heterocycles. The summed E-state index contributed by atoms with van der Waals surface area (Å²) in [7, 11) is -3.10. The molecule has 7 nitrogen and oxygen atoms in total. The third-order valence-electron chi connectivity index (χ3n) is 2.50. The average Bonchev–Trinajstić information content (AvgIpc) is 2.25. The molecule has 0 aromatic carbocycles. The SMILES string of the molecule is CCCCC[N+](C)(CCC(=O)O)[PH](=O)Cl.OP(O)O. The Hall–Kier alpha value is 0.260. The van der Waals surface area contributed by atoms with Gasteiger partial charge in [0.1, 0.15) is 0 Å². The summed E-state index contributed by atoms with van der Waals surface area (Å²) >= 11 is 5.67. The summed E-state index contributed by atoms with van der Waals surface area (Å²) in [5.74, 6) is -0.866. The molecule has 0 aromatic rings. The highest BCUT2D eigenvalue weighted by Gasteiger charge is 2.27. The first-order valence-corrected chi connectivity index (χ1v) is 9.35. The summed E-state index contributed by atoms with van der Waals surface area (Å²) in [6, 6.07) is 0. The Balaban J connectivity index is 0. The van der Waals surface area contributed by atoms with Gasteiger partial charge >= 0.3 is 21.9 Å². The van der Waals surface area contributed by atoms with Crippen molar-refractivity contribution in [1.29, 1.82) is 0 Å². The molecular formula is C9H23ClNO6P2+. The summed E-state index contributed by atoms with van der Waals surface area (Å²) in [4.78, 5) is 32.1. The van der Waals surface area contributed by atoms with Gasteiger partial charge in [0.05, 0.1) is 26.6 Å². The zero-order valence-corrected chi connectivity index (χ0v) is 13.8. The number of rotatable bonds is 8. The van der Waals surface area contributed by atoms with Gasteiger partial charge in [-0.25, -0.2) is 4.57 Å². The van der Waals surface area contributed by atoms with E-state index in [-0.39, 0.29) is 10.7 Å². The van der Waals surface area contributed by atoms with Crippen LogP contribution in [0.1, 0.15) is 32.6 Å². The van der Waals surface area contributed by atoms with Crippen LogP contribution in [0.2, 0.25) is 0 Å². The Morgan fingerprint density at radius 1 is 1.26 bits per heavy atom. The van der Waals surface area contributed by atoms with Crippen LogP contribution in [-0.4, -0.2) is 50.1 Å². The molecule has 0 fully saturated rings. The Morgan fingerprint density at radius 3 is 2.05 bits per heavy atom. The molecule has 0 bridgehead atoms. The van der Waals surface area contributed by atoms with Gasteiger partial charge in [0.15, 0.2) is 0 Å². The zero-order chi connectivity index (χ0) is 15.5. The second-order valence-electron chi connectivity index (χ2n) is 4.22. The van der Waals surface area contributed by atoms with Crippen LogP contribution >= 0.6 is 27.1 Å². The van der Waals surface area contributed by atoms with Gasteiger partial charge in [-0.15, -0.1) is 0 Å². The van der Waals surface area contributed by atoms with Crippen molar-refractivity contribution in [2.45, 2.75) is 32.6 Å². The van der Waals surface area contributed by atoms with E-state index < -0.39 is 21.9 Å². The van der Waals surface area contributed by atoms with E-state index in [0.717, 1.165) is 19.3 Å². The second kappa shape index (κ2) is 12.0. The molecule has 4 N–H and O–H groups in total. The number of halogens is 1. The largest absolute Gasteiger partial charge is 0.481 e. The number of hydrogen-bond donors (Lipinski definition) is 4. The molecule has 0 heterocycles. The Kier molecular flexibility index (Phi) is 13.7. The predicted octanol–water partition coefficient (Wildman–Crippen LogP) is 1.92. The summed E-state index contributed by atoms with van der Waals surface area (Å²) in [5.41, 5.74) is 0. The minimum Gasteiger partial charge on any atom is -0.481 e. The molecule has 0 rings (SSSR count). The number of carboxylic acid groups (broad SMARTS) is 1. The van der Waals surface area contributed by atoms with Gasteiger partial charge in [0, 0.05) is 11.2 Å². The Morgan fingerprint density at radius 2 is 1.74 bits per heavy atom. The van der Waals surface area contributed by atoms with Crippen LogP contribution in [0.25, 0.3) is 0 Å². The topological polar surface area (TPSA) is 115 Å². The van der Waals surface area contributed by atoms with Crippen molar-refractivity contribution in [3.05, 3.63) is 0 Å². The molecular weight excluding hydrogens is 316 g/mol. The quantitative estimate of drug-likeness (QED) is 0.397. The Labute approximate surface area is 120 Å². The van der Waals surface area contributed by atoms with Crippen LogP contribution in [0.5, 0.6) is 0 Å². The lowest BCUT2D eigenvalue weighted by Crippen LogP contribution is -2.38. The van der Waals surface area contributed by atoms with Crippen LogP contribution in [0, 0.1) is 0 Å². The first-order chi connectivity index (χ1) is 8.65. The third kappa shape index (κ3) is 14.5. The van der Waals surface area contributed by atoms with Crippen molar-refractivity contribution in [2.24, 2.45) is 0 Å². The highest BCUT2D eigenvalue weighted by molar-refractivity contribution is 7.69. The number of unbranched alkanes of at least 4 members (excludes halogenated alkanes) is 2. The summed E-state index contributed by atoms with van der Waals surface area (Å²) in [6.45, 7) is 3.13. The summed E-state index contributed by atoms with van der Waals surface area (Å²) in [6.07, 6.45) is 3.11. The van der Waals surface area contributed by atoms with Crippen LogP contribution in [0.4, 0.5) is 0 Å². The molecule has 0 aliphatic heterocycles. The van der Waals surface area contributed by atoms with E-state index in [1.807, 2.05) is 0 Å². The van der Waals surface area contributed by atoms with Gasteiger partial charge in [-0.05, 0) is 12.8 Å². The molecule has 0 amide bonds. The number of hydrogen-bond acceptors (Lipinski definition) is 5. The molecule has 10 heteroatoms. The van der Waals surface area contributed by atoms with Gasteiger partial charge < -0.3 is 19.8 Å². The normalized spacial score (nSPS) is 15.3. The van der Waals surface area contributed by atoms with Gasteiger partial charge in [0.2, 0.25) is 0 Å². The second-order valence-corrected chi connectivity index (χ2v) is 7.31. The molecule has 19 heavy (non-hydrogen) atoms. The lowest BCUT2D eigenvalue weighted by Gasteiger charge is -2.30. The first-order valence-electron chi connectivity index (χ1n) is 5.78. The molecule has 116 valence electrons. The van der Waals surface area contributed by atoms with Crippen molar-refractivity contribution in [1.82, 2.24) is 0 Å². The van der Waals surface area contributed by atoms with Crippen LogP contribution in [0.15, 0.2) is 0 Å². The standard InChI is InChI=1S/C9H19ClNO3P.H3O3P/c1-3-4-5-7-11(2,15(10)14)8-6-9(12)13;1-4(2)3/h15H,3-8H2,1-2H3;1-3H/p+1. The van der Waals surface area contributed by atoms with Gasteiger partial charge in [-0.3, -0.25) is 9.05 Å². The minimum absolute atomic E-state index is 0.0196. The van der Waals surface area contributed by atoms with Crippen molar-refractivity contribution in [3.63, 3.8) is 0 Å². The maximum atomic E-state index is 11.4. The van der Waals surface area contributed by atoms with Crippen molar-refractivity contribution in [3.8, 4) is 0 Å². The van der Waals surface area contributed by atoms with Crippen LogP contribution in [-0.2, 0) is 9.36 Å². The maximum Gasteiger partial charge on any atom is 0.326 e. The van der Waals surface area contributed by atoms with E-state index in [1.165, 1.54) is 0 Å². The minimum atomic E-state index is -2.62. The lowest BCUT2D eigenvalue weighted by molar-refractivity contribution is -0.784. The monoisotopic (exact) mass is 338 g/mol. The fraction of sp³-hybridized carbons (Fsp3) is 0.889. The molecule has 2 atom stereocenters. The van der Waals surface area contributed by atoms with Gasteiger partial charge in [-0.2, -0.15) is 0 Å². The maximum absolute atomic E-state index is 11.4. The number of carboxylic acids is 1. The fourth-order valence-electron chi connectivity index (χ4n) is 1.34. The smallest absolute Gasteiger partial charge is 0.326 e. The summed E-state index contributed by atoms with van der Waals surface area (Å²) in [5, 5.41) is 8.59. The van der Waals surface area contributed by atoms with Crippen molar-refractivity contribution in [2.75, 3.05) is 20.1 Å². The van der Waals surface area contributed by atoms with Crippen LogP contribution in [0.3, 0.4) is 0 Å². The van der Waals surface area contributed by atoms with E-state index in [4.69, 9.17) is 31.0 Å². The van der Waals surface area contributed by atoms with Crippen molar-refractivity contribution >= 4 is 33.1 Å². The van der Waals surface area contributed by atoms with Crippen molar-refractivity contribution < 1.29 is 33.4 Å². The van der Waals surface area contributed by atoms with E-state index in [1.54, 1.807) is 7.05 Å². The highest BCUT2D eigenvalue weighted by Crippen LogP contribution is 2.40. The van der Waals surface area contributed by atoms with E-state index >= 15 is 0 Å². The molecule has 0 spiro atoms. The molecule has 2 unspecified atom stereocenters. The predicted molar refractivity (Wildman–Crippen MR) is 76.1 cm³/mol. The zero-order valence-electron chi connectivity index (χ0n) is 11.1. The molecule has 0 radical (unpaired) electrons. The Bertz CT molecular complexity index is 279. The number of aliphatic carboxylic acids is 1. The molecule has 0 aliphatic rings. The van der Waals surface area contributed by atoms with E-state index in [9.17, 15) is 9.36 Å². The lowest BCUT2D eigenvalue weighted by atomic mass is 10.2. The molecule has 0 aliphatic carbocycles. The highest BCUT2D eigenvalue weighted by atomic mass is 35.7. The van der Waals surface area contributed by atoms with Gasteiger partial charge in [0.25, 0.3) is 0 Å². The first kappa shape index (κ1) is 21.6. The van der Waals surface area contributed by atoms with E-state index in [0.29, 0.717) is 13.1 Å². The van der Waals surface area contributed by atoms with Gasteiger partial charge in [-0.1, -0.05) is 13.3 Å². The number of nitrogens with zero attached hydrogens (tertiary/aromatic N) is 1. The molecule has 0 saturated heterocycles. The van der Waals surface area contributed by atoms with E-state index in [2.05, 4.69) is 6.92 Å².